The number of phenolic OH excluding ortho intramolecular Hbond substituents is 4. The number of aromatic hydroxyl groups is 4. The molecule has 0 bridgehead atoms. The topological polar surface area (TPSA) is 111 Å². The summed E-state index contributed by atoms with van der Waals surface area (Å²) in [6.07, 6.45) is 0. The molecule has 3 rings (SSSR count). The van der Waals surface area contributed by atoms with Gasteiger partial charge in [0.05, 0.1) is 5.39 Å². The molecule has 0 aliphatic rings. The predicted molar refractivity (Wildman–Crippen MR) is 66.6 cm³/mol. The minimum atomic E-state index is -0.768. The zero-order valence-electron chi connectivity index (χ0n) is 9.41. The van der Waals surface area contributed by atoms with Crippen molar-refractivity contribution in [3.05, 3.63) is 34.5 Å². The van der Waals surface area contributed by atoms with Crippen LogP contribution in [0.3, 0.4) is 0 Å². The highest BCUT2D eigenvalue weighted by atomic mass is 16.4. The van der Waals surface area contributed by atoms with Crippen LogP contribution in [-0.4, -0.2) is 20.4 Å². The Morgan fingerprint density at radius 2 is 1.68 bits per heavy atom. The number of rotatable bonds is 0. The molecule has 0 atom stereocenters. The molecule has 1 aromatic heterocycles. The summed E-state index contributed by atoms with van der Waals surface area (Å²) in [4.78, 5) is 12.2. The lowest BCUT2D eigenvalue weighted by atomic mass is 10.1. The minimum absolute atomic E-state index is 0.0560. The van der Waals surface area contributed by atoms with Gasteiger partial charge in [-0.1, -0.05) is 6.07 Å². The molecule has 0 aliphatic heterocycles. The van der Waals surface area contributed by atoms with Crippen LogP contribution in [0.5, 0.6) is 23.0 Å². The lowest BCUT2D eigenvalue weighted by Gasteiger charge is -2.06. The first-order valence-electron chi connectivity index (χ1n) is 5.33. The average molecular weight is 260 g/mol. The summed E-state index contributed by atoms with van der Waals surface area (Å²) >= 11 is 0. The van der Waals surface area contributed by atoms with E-state index in [0.29, 0.717) is 0 Å². The standard InChI is InChI=1S/C13H8O6/c14-6-2-1-3-8-9(6)10(16)5-4-7(15)11(17)12(18)13(5)19-8/h1-4,14-15,17-18H. The van der Waals surface area contributed by atoms with Gasteiger partial charge in [-0.3, -0.25) is 4.79 Å². The smallest absolute Gasteiger partial charge is 0.205 e. The van der Waals surface area contributed by atoms with Crippen molar-refractivity contribution in [1.29, 1.82) is 0 Å². The van der Waals surface area contributed by atoms with Crippen LogP contribution in [0, 0.1) is 0 Å². The lowest BCUT2D eigenvalue weighted by molar-refractivity contribution is 0.367. The van der Waals surface area contributed by atoms with Crippen LogP contribution in [0.1, 0.15) is 0 Å². The molecule has 3 aromatic rings. The van der Waals surface area contributed by atoms with Gasteiger partial charge in [0.1, 0.15) is 16.7 Å². The van der Waals surface area contributed by atoms with Crippen LogP contribution in [0.4, 0.5) is 0 Å². The van der Waals surface area contributed by atoms with Gasteiger partial charge in [-0.15, -0.1) is 0 Å². The molecule has 2 aromatic carbocycles. The second-order valence-electron chi connectivity index (χ2n) is 4.05. The Labute approximate surface area is 105 Å². The second-order valence-corrected chi connectivity index (χ2v) is 4.05. The highest BCUT2D eigenvalue weighted by molar-refractivity contribution is 5.96. The SMILES string of the molecule is O=c1c2cc(O)c(O)c(O)c2oc2cccc(O)c12. The van der Waals surface area contributed by atoms with Crippen LogP contribution in [-0.2, 0) is 0 Å². The van der Waals surface area contributed by atoms with Crippen molar-refractivity contribution in [2.45, 2.75) is 0 Å². The fourth-order valence-corrected chi connectivity index (χ4v) is 1.98. The number of benzene rings is 2. The summed E-state index contributed by atoms with van der Waals surface area (Å²) < 4.78 is 5.29. The van der Waals surface area contributed by atoms with E-state index in [-0.39, 0.29) is 27.7 Å². The van der Waals surface area contributed by atoms with Gasteiger partial charge in [-0.25, -0.2) is 0 Å². The molecule has 6 nitrogen and oxygen atoms in total. The van der Waals surface area contributed by atoms with Crippen molar-refractivity contribution in [2.75, 3.05) is 0 Å². The fraction of sp³-hybridized carbons (Fsp3) is 0. The molecule has 96 valence electrons. The van der Waals surface area contributed by atoms with Gasteiger partial charge in [0, 0.05) is 0 Å². The van der Waals surface area contributed by atoms with Crippen LogP contribution in [0.15, 0.2) is 33.5 Å². The molecule has 0 fully saturated rings. The van der Waals surface area contributed by atoms with E-state index in [4.69, 9.17) is 4.42 Å². The first-order valence-corrected chi connectivity index (χ1v) is 5.33. The molecule has 4 N–H and O–H groups in total. The summed E-state index contributed by atoms with van der Waals surface area (Å²) in [7, 11) is 0. The Hall–Kier alpha value is -2.89. The zero-order valence-corrected chi connectivity index (χ0v) is 9.41. The molecule has 6 heteroatoms. The third kappa shape index (κ3) is 1.40. The Morgan fingerprint density at radius 3 is 2.42 bits per heavy atom. The molecule has 0 spiro atoms. The quantitative estimate of drug-likeness (QED) is 0.362. The van der Waals surface area contributed by atoms with E-state index >= 15 is 0 Å². The third-order valence-electron chi connectivity index (χ3n) is 2.90. The van der Waals surface area contributed by atoms with E-state index in [1.807, 2.05) is 0 Å². The summed E-state index contributed by atoms with van der Waals surface area (Å²) in [5.74, 6) is -2.40. The second kappa shape index (κ2) is 3.55. The largest absolute Gasteiger partial charge is 0.507 e. The van der Waals surface area contributed by atoms with Crippen LogP contribution in [0.25, 0.3) is 21.9 Å². The van der Waals surface area contributed by atoms with E-state index in [2.05, 4.69) is 0 Å². The molecule has 0 saturated carbocycles. The van der Waals surface area contributed by atoms with Crippen LogP contribution < -0.4 is 5.43 Å². The van der Waals surface area contributed by atoms with Crippen molar-refractivity contribution in [3.63, 3.8) is 0 Å². The minimum Gasteiger partial charge on any atom is -0.507 e. The maximum absolute atomic E-state index is 12.2. The van der Waals surface area contributed by atoms with E-state index < -0.39 is 22.7 Å². The molecular formula is C13H8O6. The molecule has 1 heterocycles. The fourth-order valence-electron chi connectivity index (χ4n) is 1.98. The van der Waals surface area contributed by atoms with Gasteiger partial charge in [0.15, 0.2) is 11.3 Å². The predicted octanol–water partition coefficient (Wildman–Crippen LogP) is 1.77. The number of phenols is 4. The Bertz CT molecular complexity index is 878. The van der Waals surface area contributed by atoms with Gasteiger partial charge in [-0.05, 0) is 18.2 Å². The molecular weight excluding hydrogens is 252 g/mol. The van der Waals surface area contributed by atoms with Gasteiger partial charge < -0.3 is 24.8 Å². The first-order chi connectivity index (χ1) is 9.00. The Morgan fingerprint density at radius 1 is 0.947 bits per heavy atom. The van der Waals surface area contributed by atoms with Gasteiger partial charge in [0.25, 0.3) is 0 Å². The normalized spacial score (nSPS) is 11.2. The van der Waals surface area contributed by atoms with Crippen molar-refractivity contribution in [3.8, 4) is 23.0 Å². The number of fused-ring (bicyclic) bond motifs is 2. The third-order valence-corrected chi connectivity index (χ3v) is 2.90. The van der Waals surface area contributed by atoms with Gasteiger partial charge >= 0.3 is 0 Å². The Kier molecular flexibility index (Phi) is 2.10. The first kappa shape index (κ1) is 11.2. The average Bonchev–Trinajstić information content (AvgIpc) is 2.38. The summed E-state index contributed by atoms with van der Waals surface area (Å²) in [5, 5.41) is 38.0. The van der Waals surface area contributed by atoms with Crippen LogP contribution in [0.2, 0.25) is 0 Å². The van der Waals surface area contributed by atoms with Crippen molar-refractivity contribution in [1.82, 2.24) is 0 Å². The molecule has 0 saturated heterocycles. The maximum Gasteiger partial charge on any atom is 0.205 e. The monoisotopic (exact) mass is 260 g/mol. The lowest BCUT2D eigenvalue weighted by Crippen LogP contribution is -2.02. The number of hydrogen-bond acceptors (Lipinski definition) is 6. The van der Waals surface area contributed by atoms with Crippen molar-refractivity contribution in [2.24, 2.45) is 0 Å². The summed E-state index contributed by atoms with van der Waals surface area (Å²) in [6.45, 7) is 0. The molecule has 19 heavy (non-hydrogen) atoms. The molecule has 0 amide bonds. The van der Waals surface area contributed by atoms with Gasteiger partial charge in [0.2, 0.25) is 16.9 Å². The summed E-state index contributed by atoms with van der Waals surface area (Å²) in [6, 6.07) is 5.22. The molecule has 0 aliphatic carbocycles. The Balaban J connectivity index is 2.66. The van der Waals surface area contributed by atoms with Crippen LogP contribution >= 0.6 is 0 Å². The van der Waals surface area contributed by atoms with E-state index in [1.165, 1.54) is 18.2 Å². The maximum atomic E-state index is 12.2. The van der Waals surface area contributed by atoms with E-state index in [0.717, 1.165) is 6.07 Å². The van der Waals surface area contributed by atoms with E-state index in [1.54, 1.807) is 0 Å². The highest BCUT2D eigenvalue weighted by Gasteiger charge is 2.18. The molecule has 0 unspecified atom stereocenters. The summed E-state index contributed by atoms with van der Waals surface area (Å²) in [5.41, 5.74) is -0.795. The van der Waals surface area contributed by atoms with Gasteiger partial charge in [-0.2, -0.15) is 0 Å². The number of hydrogen-bond donors (Lipinski definition) is 4. The van der Waals surface area contributed by atoms with Crippen molar-refractivity contribution >= 4 is 21.9 Å². The zero-order chi connectivity index (χ0) is 13.7. The molecule has 0 radical (unpaired) electrons. The van der Waals surface area contributed by atoms with E-state index in [9.17, 15) is 25.2 Å². The van der Waals surface area contributed by atoms with Crippen molar-refractivity contribution < 1.29 is 24.8 Å². The highest BCUT2D eigenvalue weighted by Crippen LogP contribution is 2.41.